The molecule has 1 heterocycles. The quantitative estimate of drug-likeness (QED) is 0.490. The number of fused-ring (bicyclic) bond motifs is 3. The molecule has 0 amide bonds. The zero-order valence-electron chi connectivity index (χ0n) is 21.5. The molecule has 36 heavy (non-hydrogen) atoms. The molecule has 1 aromatic carbocycles. The van der Waals surface area contributed by atoms with Gasteiger partial charge in [-0.05, 0) is 36.5 Å². The lowest BCUT2D eigenvalue weighted by atomic mass is 9.48. The highest BCUT2D eigenvalue weighted by molar-refractivity contribution is 6.02. The Kier molecular flexibility index (Phi) is 5.71. The summed E-state index contributed by atoms with van der Waals surface area (Å²) >= 11 is 0. The van der Waals surface area contributed by atoms with E-state index < -0.39 is 52.9 Å². The van der Waals surface area contributed by atoms with E-state index >= 15 is 0 Å². The number of hydrogen-bond acceptors (Lipinski definition) is 7. The van der Waals surface area contributed by atoms with Crippen molar-refractivity contribution in [3.8, 4) is 0 Å². The number of benzene rings is 1. The third-order valence-corrected chi connectivity index (χ3v) is 9.20. The van der Waals surface area contributed by atoms with Gasteiger partial charge in [-0.25, -0.2) is 0 Å². The summed E-state index contributed by atoms with van der Waals surface area (Å²) < 4.78 is 19.2. The second-order valence-electron chi connectivity index (χ2n) is 11.4. The topological polar surface area (TPSA) is 99.1 Å². The average Bonchev–Trinajstić information content (AvgIpc) is 3.20. The molecule has 7 nitrogen and oxygen atoms in total. The van der Waals surface area contributed by atoms with Gasteiger partial charge >= 0.3 is 5.97 Å². The first kappa shape index (κ1) is 25.1. The number of aliphatic hydroxyl groups is 1. The van der Waals surface area contributed by atoms with Crippen molar-refractivity contribution in [3.63, 3.8) is 0 Å². The number of carbonyl (C=O) groups excluding carboxylic acids is 3. The normalized spacial score (nSPS) is 39.7. The Hall–Kier alpha value is -2.61. The van der Waals surface area contributed by atoms with Crippen LogP contribution in [0.25, 0.3) is 0 Å². The maximum atomic E-state index is 14.4. The summed E-state index contributed by atoms with van der Waals surface area (Å²) in [4.78, 5) is 40.2. The first-order chi connectivity index (χ1) is 16.8. The van der Waals surface area contributed by atoms with Gasteiger partial charge in [0, 0.05) is 35.7 Å². The van der Waals surface area contributed by atoms with Gasteiger partial charge in [-0.2, -0.15) is 0 Å². The van der Waals surface area contributed by atoms with Crippen molar-refractivity contribution in [3.05, 3.63) is 59.2 Å². The minimum absolute atomic E-state index is 0.0419. The standard InChI is InChI=1S/C29H34O7/c1-15-19(31)12-13-28(6)22(15)25-29(36-26(35-25)18-10-8-7-9-11-18)14-20(32)16(2)21(27(29,4)5)23(24(28)33)34-17(3)30/h7-11,19,22-23,25-26,31H,1,12-14H2,2-6H3/t19-,22-,23+,25-,26-,28+,29+/m0/s1. The highest BCUT2D eigenvalue weighted by Crippen LogP contribution is 2.64. The van der Waals surface area contributed by atoms with E-state index in [9.17, 15) is 19.5 Å². The van der Waals surface area contributed by atoms with E-state index in [1.807, 2.05) is 51.1 Å². The predicted octanol–water partition coefficient (Wildman–Crippen LogP) is 4.00. The maximum Gasteiger partial charge on any atom is 0.303 e. The first-order valence-electron chi connectivity index (χ1n) is 12.6. The number of ketones is 2. The number of hydrogen-bond donors (Lipinski definition) is 1. The molecular weight excluding hydrogens is 460 g/mol. The van der Waals surface area contributed by atoms with E-state index in [1.54, 1.807) is 6.92 Å². The fourth-order valence-electron chi connectivity index (χ4n) is 7.15. The summed E-state index contributed by atoms with van der Waals surface area (Å²) in [5.74, 6) is -1.72. The lowest BCUT2D eigenvalue weighted by molar-refractivity contribution is -0.174. The highest BCUT2D eigenvalue weighted by Gasteiger charge is 2.71. The van der Waals surface area contributed by atoms with Crippen molar-refractivity contribution in [1.82, 2.24) is 0 Å². The van der Waals surface area contributed by atoms with Gasteiger partial charge in [-0.3, -0.25) is 14.4 Å². The number of esters is 1. The molecule has 0 aromatic heterocycles. The summed E-state index contributed by atoms with van der Waals surface area (Å²) in [6.07, 6.45) is -2.82. The Morgan fingerprint density at radius 2 is 1.83 bits per heavy atom. The second-order valence-corrected chi connectivity index (χ2v) is 11.4. The Morgan fingerprint density at radius 1 is 1.17 bits per heavy atom. The van der Waals surface area contributed by atoms with Gasteiger partial charge in [-0.15, -0.1) is 0 Å². The number of carbonyl (C=O) groups is 3. The molecule has 2 bridgehead atoms. The molecule has 4 aliphatic rings. The molecule has 0 unspecified atom stereocenters. The summed E-state index contributed by atoms with van der Waals surface area (Å²) in [7, 11) is 0. The number of rotatable bonds is 2. The van der Waals surface area contributed by atoms with Crippen molar-refractivity contribution < 1.29 is 33.7 Å². The molecule has 2 saturated carbocycles. The molecule has 7 heteroatoms. The lowest BCUT2D eigenvalue weighted by Gasteiger charge is -2.58. The Balaban J connectivity index is 1.80. The molecule has 1 aliphatic heterocycles. The number of ether oxygens (including phenoxy) is 3. The molecule has 1 spiro atoms. The van der Waals surface area contributed by atoms with Crippen molar-refractivity contribution in [2.45, 2.75) is 84.1 Å². The van der Waals surface area contributed by atoms with Gasteiger partial charge in [0.15, 0.2) is 24.0 Å². The van der Waals surface area contributed by atoms with Crippen LogP contribution >= 0.6 is 0 Å². The van der Waals surface area contributed by atoms with Crippen molar-refractivity contribution >= 4 is 17.5 Å². The number of Topliss-reactive ketones (excluding diaryl/α,β-unsaturated/α-hetero) is 2. The number of aliphatic hydroxyl groups excluding tert-OH is 1. The molecule has 3 fully saturated rings. The van der Waals surface area contributed by atoms with Gasteiger partial charge in [0.1, 0.15) is 5.60 Å². The van der Waals surface area contributed by atoms with Crippen molar-refractivity contribution in [2.75, 3.05) is 0 Å². The minimum Gasteiger partial charge on any atom is -0.450 e. The van der Waals surface area contributed by atoms with Crippen LogP contribution in [0.2, 0.25) is 0 Å². The second kappa shape index (κ2) is 8.20. The third kappa shape index (κ3) is 3.25. The van der Waals surface area contributed by atoms with Gasteiger partial charge in [0.05, 0.1) is 12.2 Å². The molecule has 1 aromatic rings. The van der Waals surface area contributed by atoms with Crippen LogP contribution < -0.4 is 0 Å². The van der Waals surface area contributed by atoms with Crippen LogP contribution in [0.4, 0.5) is 0 Å². The lowest BCUT2D eigenvalue weighted by Crippen LogP contribution is -2.67. The van der Waals surface area contributed by atoms with Crippen LogP contribution in [-0.4, -0.2) is 46.6 Å². The van der Waals surface area contributed by atoms with Crippen LogP contribution in [0.15, 0.2) is 53.6 Å². The first-order valence-corrected chi connectivity index (χ1v) is 12.6. The van der Waals surface area contributed by atoms with E-state index in [1.165, 1.54) is 6.92 Å². The summed E-state index contributed by atoms with van der Waals surface area (Å²) in [6.45, 7) is 12.9. The zero-order valence-corrected chi connectivity index (χ0v) is 21.5. The Morgan fingerprint density at radius 3 is 2.47 bits per heavy atom. The van der Waals surface area contributed by atoms with Crippen molar-refractivity contribution in [2.24, 2.45) is 16.7 Å². The summed E-state index contributed by atoms with van der Waals surface area (Å²) in [5, 5.41) is 10.9. The molecule has 192 valence electrons. The fraction of sp³-hybridized carbons (Fsp3) is 0.552. The van der Waals surface area contributed by atoms with Crippen LogP contribution in [0, 0.1) is 16.7 Å². The molecule has 5 rings (SSSR count). The molecule has 0 radical (unpaired) electrons. The van der Waals surface area contributed by atoms with Crippen LogP contribution in [-0.2, 0) is 28.6 Å². The van der Waals surface area contributed by atoms with E-state index in [-0.39, 0.29) is 18.0 Å². The SMILES string of the molecule is C=C1[C@@H](O)CC[C@@]2(C)C(=O)[C@H](OC(C)=O)C3=C(C)C(=O)C[C@]4(O[C@@H](c5ccccc5)O[C@H]4[C@H]12)C3(C)C. The van der Waals surface area contributed by atoms with Gasteiger partial charge in [-0.1, -0.05) is 57.7 Å². The van der Waals surface area contributed by atoms with E-state index in [0.29, 0.717) is 29.6 Å². The molecule has 1 saturated heterocycles. The van der Waals surface area contributed by atoms with Gasteiger partial charge in [0.2, 0.25) is 0 Å². The van der Waals surface area contributed by atoms with E-state index in [0.717, 1.165) is 5.56 Å². The van der Waals surface area contributed by atoms with Crippen molar-refractivity contribution in [1.29, 1.82) is 0 Å². The molecule has 3 aliphatic carbocycles. The van der Waals surface area contributed by atoms with Crippen LogP contribution in [0.1, 0.15) is 65.7 Å². The third-order valence-electron chi connectivity index (χ3n) is 9.20. The molecule has 7 atom stereocenters. The monoisotopic (exact) mass is 494 g/mol. The highest BCUT2D eigenvalue weighted by atomic mass is 16.7. The number of allylic oxidation sites excluding steroid dienone is 1. The van der Waals surface area contributed by atoms with Crippen LogP contribution in [0.5, 0.6) is 0 Å². The van der Waals surface area contributed by atoms with E-state index in [4.69, 9.17) is 14.2 Å². The van der Waals surface area contributed by atoms with Gasteiger partial charge < -0.3 is 19.3 Å². The average molecular weight is 495 g/mol. The Labute approximate surface area is 211 Å². The fourth-order valence-corrected chi connectivity index (χ4v) is 7.15. The Bertz CT molecular complexity index is 1180. The summed E-state index contributed by atoms with van der Waals surface area (Å²) in [6, 6.07) is 9.48. The van der Waals surface area contributed by atoms with E-state index in [2.05, 4.69) is 6.58 Å². The predicted molar refractivity (Wildman–Crippen MR) is 131 cm³/mol. The summed E-state index contributed by atoms with van der Waals surface area (Å²) in [5.41, 5.74) is -0.975. The molecule has 1 N–H and O–H groups in total. The van der Waals surface area contributed by atoms with Gasteiger partial charge in [0.25, 0.3) is 0 Å². The largest absolute Gasteiger partial charge is 0.450 e. The maximum absolute atomic E-state index is 14.4. The minimum atomic E-state index is -1.24. The van der Waals surface area contributed by atoms with Crippen LogP contribution in [0.3, 0.4) is 0 Å². The molecular formula is C29H34O7. The zero-order chi connectivity index (χ0) is 26.2. The smallest absolute Gasteiger partial charge is 0.303 e.